The maximum Gasteiger partial charge on any atom is 0.136 e. The van der Waals surface area contributed by atoms with E-state index in [9.17, 15) is 0 Å². The average Bonchev–Trinajstić information content (AvgIpc) is 3.32. The number of morpholine rings is 1. The minimum atomic E-state index is -0.218. The molecule has 1 saturated heterocycles. The summed E-state index contributed by atoms with van der Waals surface area (Å²) in [5.74, 6) is 2.44. The second kappa shape index (κ2) is 10.9. The highest BCUT2D eigenvalue weighted by Crippen LogP contribution is 2.44. The van der Waals surface area contributed by atoms with E-state index in [0.29, 0.717) is 12.5 Å². The molecule has 8 heteroatoms. The molecule has 0 amide bonds. The Balaban J connectivity index is 1.29. The number of allylic oxidation sites excluding steroid dienone is 1. The summed E-state index contributed by atoms with van der Waals surface area (Å²) >= 11 is 3.50. The number of aromatic nitrogens is 3. The fourth-order valence-electron chi connectivity index (χ4n) is 5.32. The van der Waals surface area contributed by atoms with Gasteiger partial charge in [-0.25, -0.2) is 15.0 Å². The van der Waals surface area contributed by atoms with Crippen LogP contribution in [0.15, 0.2) is 53.8 Å². The molecule has 38 heavy (non-hydrogen) atoms. The lowest BCUT2D eigenvalue weighted by molar-refractivity contribution is -0.0396. The zero-order valence-corrected chi connectivity index (χ0v) is 23.9. The van der Waals surface area contributed by atoms with Crippen molar-refractivity contribution in [1.82, 2.24) is 15.0 Å². The summed E-state index contributed by atoms with van der Waals surface area (Å²) in [4.78, 5) is 18.1. The summed E-state index contributed by atoms with van der Waals surface area (Å²) in [6.07, 6.45) is 8.15. The normalized spacial score (nSPS) is 18.3. The quantitative estimate of drug-likeness (QED) is 0.144. The molecule has 2 aliphatic heterocycles. The first-order valence-electron chi connectivity index (χ1n) is 13.4. The summed E-state index contributed by atoms with van der Waals surface area (Å²) in [6.45, 7) is 10.4. The van der Waals surface area contributed by atoms with Gasteiger partial charge in [-0.2, -0.15) is 0 Å². The highest BCUT2D eigenvalue weighted by molar-refractivity contribution is 7.99. The van der Waals surface area contributed by atoms with Crippen LogP contribution in [-0.2, 0) is 22.5 Å². The Bertz CT molecular complexity index is 1460. The molecule has 1 fully saturated rings. The molecule has 0 spiro atoms. The van der Waals surface area contributed by atoms with E-state index in [1.165, 1.54) is 22.1 Å². The maximum atomic E-state index is 6.27. The number of pyridine rings is 1. The van der Waals surface area contributed by atoms with Gasteiger partial charge in [0, 0.05) is 36.2 Å². The van der Waals surface area contributed by atoms with Crippen LogP contribution in [0, 0.1) is 0 Å². The number of anilines is 1. The van der Waals surface area contributed by atoms with E-state index in [1.54, 1.807) is 29.4 Å². The third-order valence-electron chi connectivity index (χ3n) is 7.43. The molecule has 0 radical (unpaired) electrons. The van der Waals surface area contributed by atoms with Crippen molar-refractivity contribution >= 4 is 49.3 Å². The van der Waals surface area contributed by atoms with Crippen molar-refractivity contribution in [2.24, 2.45) is 0 Å². The molecule has 1 atom stereocenters. The van der Waals surface area contributed by atoms with Gasteiger partial charge in [-0.1, -0.05) is 49.4 Å². The molecular weight excluding hydrogens is 512 g/mol. The van der Waals surface area contributed by atoms with Crippen LogP contribution < -0.4 is 4.90 Å². The van der Waals surface area contributed by atoms with E-state index in [4.69, 9.17) is 19.4 Å². The van der Waals surface area contributed by atoms with E-state index in [-0.39, 0.29) is 5.60 Å². The van der Waals surface area contributed by atoms with Crippen molar-refractivity contribution < 1.29 is 9.47 Å². The maximum absolute atomic E-state index is 6.27. The highest BCUT2D eigenvalue weighted by atomic mass is 32.2. The first-order valence-corrected chi connectivity index (χ1v) is 15.2. The third kappa shape index (κ3) is 5.19. The van der Waals surface area contributed by atoms with Crippen molar-refractivity contribution in [3.8, 4) is 0 Å². The summed E-state index contributed by atoms with van der Waals surface area (Å²) in [6, 6.07) is 10.7. The number of ether oxygens (including phenoxy) is 2. The van der Waals surface area contributed by atoms with Gasteiger partial charge in [0.25, 0.3) is 0 Å². The van der Waals surface area contributed by atoms with Gasteiger partial charge in [0.05, 0.1) is 35.6 Å². The number of benzene rings is 1. The van der Waals surface area contributed by atoms with E-state index >= 15 is 0 Å². The molecule has 1 aromatic carbocycles. The number of nitrogens with zero attached hydrogens (tertiary/aromatic N) is 4. The fraction of sp³-hybridized carbons (Fsp3) is 0.433. The second-order valence-corrected chi connectivity index (χ2v) is 12.7. The Morgan fingerprint density at radius 1 is 1.11 bits per heavy atom. The van der Waals surface area contributed by atoms with E-state index in [2.05, 4.69) is 73.1 Å². The fourth-order valence-corrected chi connectivity index (χ4v) is 7.40. The van der Waals surface area contributed by atoms with E-state index in [0.717, 1.165) is 70.8 Å². The summed E-state index contributed by atoms with van der Waals surface area (Å²) in [5, 5.41) is 2.22. The van der Waals surface area contributed by atoms with Crippen molar-refractivity contribution in [2.45, 2.75) is 56.8 Å². The molecular formula is C30H34N4O2S2. The predicted molar refractivity (Wildman–Crippen MR) is 158 cm³/mol. The molecule has 5 heterocycles. The van der Waals surface area contributed by atoms with Crippen LogP contribution in [0.25, 0.3) is 20.4 Å². The van der Waals surface area contributed by atoms with Gasteiger partial charge < -0.3 is 14.4 Å². The van der Waals surface area contributed by atoms with Crippen molar-refractivity contribution in [3.05, 3.63) is 65.5 Å². The predicted octanol–water partition coefficient (Wildman–Crippen LogP) is 6.77. The lowest BCUT2D eigenvalue weighted by Gasteiger charge is -2.36. The van der Waals surface area contributed by atoms with Gasteiger partial charge in [-0.05, 0) is 37.3 Å². The van der Waals surface area contributed by atoms with Gasteiger partial charge in [-0.3, -0.25) is 0 Å². The van der Waals surface area contributed by atoms with Crippen LogP contribution in [0.5, 0.6) is 0 Å². The molecule has 1 unspecified atom stereocenters. The Morgan fingerprint density at radius 3 is 2.74 bits per heavy atom. The monoisotopic (exact) mass is 546 g/mol. The SMILES string of the molecule is CC(CC=CCSc1ncnc2c1sc1nc(N3CCOCC3)c3c(c12)CC(C)(C)OC3)c1ccccc1. The van der Waals surface area contributed by atoms with Crippen LogP contribution in [0.3, 0.4) is 0 Å². The molecule has 3 aromatic heterocycles. The number of thiophene rings is 1. The smallest absolute Gasteiger partial charge is 0.136 e. The third-order valence-corrected chi connectivity index (χ3v) is 9.58. The topological polar surface area (TPSA) is 60.4 Å². The minimum Gasteiger partial charge on any atom is -0.378 e. The molecule has 6 rings (SSSR count). The molecule has 2 aliphatic rings. The summed E-state index contributed by atoms with van der Waals surface area (Å²) < 4.78 is 13.0. The molecule has 4 aromatic rings. The minimum absolute atomic E-state index is 0.218. The van der Waals surface area contributed by atoms with Crippen LogP contribution in [0.2, 0.25) is 0 Å². The molecule has 0 aliphatic carbocycles. The number of hydrogen-bond donors (Lipinski definition) is 0. The van der Waals surface area contributed by atoms with Gasteiger partial charge in [-0.15, -0.1) is 23.1 Å². The molecule has 0 N–H and O–H groups in total. The number of hydrogen-bond acceptors (Lipinski definition) is 8. The lowest BCUT2D eigenvalue weighted by atomic mass is 9.90. The van der Waals surface area contributed by atoms with Crippen LogP contribution in [-0.4, -0.2) is 52.6 Å². The number of fused-ring (bicyclic) bond motifs is 5. The summed E-state index contributed by atoms with van der Waals surface area (Å²) in [5.41, 5.74) is 4.74. The zero-order chi connectivity index (χ0) is 26.1. The van der Waals surface area contributed by atoms with Gasteiger partial charge in [0.2, 0.25) is 0 Å². The standard InChI is InChI=1S/C30H34N4O2S2/c1-20(21-10-5-4-6-11-21)9-7-8-16-37-29-26-25(31-19-32-29)24-22-17-30(2,3)36-18-23(22)27(33-28(24)38-26)34-12-14-35-15-13-34/h4-8,10-11,19-20H,9,12-18H2,1-3H3. The Hall–Kier alpha value is -2.52. The molecule has 0 bridgehead atoms. The zero-order valence-electron chi connectivity index (χ0n) is 22.3. The Labute approximate surface area is 232 Å². The molecule has 6 nitrogen and oxygen atoms in total. The van der Waals surface area contributed by atoms with Gasteiger partial charge in [0.15, 0.2) is 0 Å². The van der Waals surface area contributed by atoms with Gasteiger partial charge in [0.1, 0.15) is 22.0 Å². The second-order valence-electron chi connectivity index (χ2n) is 10.7. The van der Waals surface area contributed by atoms with Crippen molar-refractivity contribution in [3.63, 3.8) is 0 Å². The van der Waals surface area contributed by atoms with Crippen LogP contribution >= 0.6 is 23.1 Å². The van der Waals surface area contributed by atoms with Crippen molar-refractivity contribution in [2.75, 3.05) is 37.0 Å². The number of rotatable bonds is 7. The first-order chi connectivity index (χ1) is 18.5. The Morgan fingerprint density at radius 2 is 1.92 bits per heavy atom. The van der Waals surface area contributed by atoms with Crippen LogP contribution in [0.4, 0.5) is 5.82 Å². The summed E-state index contributed by atoms with van der Waals surface area (Å²) in [7, 11) is 0. The lowest BCUT2D eigenvalue weighted by Crippen LogP contribution is -2.39. The largest absolute Gasteiger partial charge is 0.378 e. The van der Waals surface area contributed by atoms with Gasteiger partial charge >= 0.3 is 0 Å². The number of thioether (sulfide) groups is 1. The first kappa shape index (κ1) is 25.7. The Kier molecular flexibility index (Phi) is 7.40. The van der Waals surface area contributed by atoms with E-state index < -0.39 is 0 Å². The molecule has 198 valence electrons. The van der Waals surface area contributed by atoms with Crippen molar-refractivity contribution in [1.29, 1.82) is 0 Å². The molecule has 0 saturated carbocycles. The van der Waals surface area contributed by atoms with E-state index in [1.807, 2.05) is 0 Å². The average molecular weight is 547 g/mol. The van der Waals surface area contributed by atoms with Crippen LogP contribution in [0.1, 0.15) is 49.8 Å². The highest BCUT2D eigenvalue weighted by Gasteiger charge is 2.33.